The van der Waals surface area contributed by atoms with Crippen molar-refractivity contribution >= 4 is 22.6 Å². The SMILES string of the molecule is CC(C)c1cc(C(=O)Nc2ccc(Cc3ccncc3)cc2)c2cnn(C(C)C)c2n1. The van der Waals surface area contributed by atoms with Gasteiger partial charge in [0, 0.05) is 29.8 Å². The van der Waals surface area contributed by atoms with Crippen molar-refractivity contribution < 1.29 is 4.79 Å². The van der Waals surface area contributed by atoms with E-state index in [1.54, 1.807) is 18.6 Å². The molecule has 6 nitrogen and oxygen atoms in total. The monoisotopic (exact) mass is 413 g/mol. The standard InChI is InChI=1S/C25H27N5O/c1-16(2)23-14-21(22-15-27-30(17(3)4)24(22)29-23)25(31)28-20-7-5-18(6-8-20)13-19-9-11-26-12-10-19/h5-12,14-17H,13H2,1-4H3,(H,28,31). The van der Waals surface area contributed by atoms with Gasteiger partial charge in [0.05, 0.1) is 17.1 Å². The Balaban J connectivity index is 1.59. The van der Waals surface area contributed by atoms with Gasteiger partial charge in [-0.05, 0) is 67.6 Å². The molecule has 3 heterocycles. The molecular weight excluding hydrogens is 386 g/mol. The summed E-state index contributed by atoms with van der Waals surface area (Å²) in [5.74, 6) is 0.0541. The average molecular weight is 414 g/mol. The van der Waals surface area contributed by atoms with Gasteiger partial charge in [0.2, 0.25) is 0 Å². The molecule has 0 bridgehead atoms. The first-order valence-corrected chi connectivity index (χ1v) is 10.6. The van der Waals surface area contributed by atoms with Gasteiger partial charge in [-0.2, -0.15) is 5.10 Å². The fourth-order valence-electron chi connectivity index (χ4n) is 3.54. The molecule has 0 atom stereocenters. The highest BCUT2D eigenvalue weighted by Gasteiger charge is 2.19. The van der Waals surface area contributed by atoms with Crippen LogP contribution in [0.4, 0.5) is 5.69 Å². The summed E-state index contributed by atoms with van der Waals surface area (Å²) in [5.41, 5.74) is 5.37. The van der Waals surface area contributed by atoms with Crippen LogP contribution in [0.3, 0.4) is 0 Å². The first-order chi connectivity index (χ1) is 14.9. The van der Waals surface area contributed by atoms with E-state index in [0.717, 1.165) is 28.8 Å². The number of pyridine rings is 2. The zero-order valence-corrected chi connectivity index (χ0v) is 18.3. The Morgan fingerprint density at radius 1 is 1.00 bits per heavy atom. The summed E-state index contributed by atoms with van der Waals surface area (Å²) in [5, 5.41) is 8.27. The van der Waals surface area contributed by atoms with Crippen molar-refractivity contribution in [2.75, 3.05) is 5.32 Å². The van der Waals surface area contributed by atoms with Crippen LogP contribution >= 0.6 is 0 Å². The quantitative estimate of drug-likeness (QED) is 0.461. The molecule has 4 rings (SSSR count). The molecular formula is C25H27N5O. The van der Waals surface area contributed by atoms with Gasteiger partial charge in [0.15, 0.2) is 5.65 Å². The van der Waals surface area contributed by atoms with Crippen LogP contribution in [0, 0.1) is 0 Å². The molecule has 3 aromatic heterocycles. The smallest absolute Gasteiger partial charge is 0.256 e. The lowest BCUT2D eigenvalue weighted by molar-refractivity contribution is 0.102. The molecule has 0 fully saturated rings. The molecule has 0 radical (unpaired) electrons. The molecule has 158 valence electrons. The van der Waals surface area contributed by atoms with Crippen LogP contribution in [0.1, 0.15) is 66.8 Å². The second-order valence-electron chi connectivity index (χ2n) is 8.35. The highest BCUT2D eigenvalue weighted by Crippen LogP contribution is 2.25. The van der Waals surface area contributed by atoms with Crippen molar-refractivity contribution in [1.82, 2.24) is 19.7 Å². The average Bonchev–Trinajstić information content (AvgIpc) is 3.19. The summed E-state index contributed by atoms with van der Waals surface area (Å²) in [7, 11) is 0. The summed E-state index contributed by atoms with van der Waals surface area (Å²) in [6.45, 7) is 8.27. The van der Waals surface area contributed by atoms with Crippen LogP contribution in [0.5, 0.6) is 0 Å². The summed E-state index contributed by atoms with van der Waals surface area (Å²) >= 11 is 0. The number of amides is 1. The summed E-state index contributed by atoms with van der Waals surface area (Å²) in [6, 6.07) is 14.0. The first-order valence-electron chi connectivity index (χ1n) is 10.6. The largest absolute Gasteiger partial charge is 0.322 e. The molecule has 0 aliphatic heterocycles. The van der Waals surface area contributed by atoms with Gasteiger partial charge < -0.3 is 5.32 Å². The number of fused-ring (bicyclic) bond motifs is 1. The third kappa shape index (κ3) is 4.48. The molecule has 1 aromatic carbocycles. The van der Waals surface area contributed by atoms with Crippen molar-refractivity contribution in [1.29, 1.82) is 0 Å². The van der Waals surface area contributed by atoms with Crippen molar-refractivity contribution in [2.45, 2.75) is 46.1 Å². The van der Waals surface area contributed by atoms with Gasteiger partial charge in [-0.25, -0.2) is 9.67 Å². The van der Waals surface area contributed by atoms with Gasteiger partial charge in [0.1, 0.15) is 0 Å². The summed E-state index contributed by atoms with van der Waals surface area (Å²) < 4.78 is 1.87. The number of benzene rings is 1. The third-order valence-electron chi connectivity index (χ3n) is 5.28. The van der Waals surface area contributed by atoms with Gasteiger partial charge in [-0.3, -0.25) is 9.78 Å². The number of carbonyl (C=O) groups is 1. The van der Waals surface area contributed by atoms with E-state index in [1.807, 2.05) is 47.1 Å². The van der Waals surface area contributed by atoms with Crippen molar-refractivity contribution in [2.24, 2.45) is 0 Å². The molecule has 0 saturated heterocycles. The minimum absolute atomic E-state index is 0.153. The molecule has 1 amide bonds. The Morgan fingerprint density at radius 3 is 2.32 bits per heavy atom. The van der Waals surface area contributed by atoms with E-state index < -0.39 is 0 Å². The van der Waals surface area contributed by atoms with Crippen LogP contribution in [0.25, 0.3) is 11.0 Å². The molecule has 31 heavy (non-hydrogen) atoms. The predicted octanol–water partition coefficient (Wildman–Crippen LogP) is 5.37. The van der Waals surface area contributed by atoms with Crippen LogP contribution in [0.2, 0.25) is 0 Å². The number of carbonyl (C=O) groups excluding carboxylic acids is 1. The Kier molecular flexibility index (Phi) is 5.80. The van der Waals surface area contributed by atoms with Crippen LogP contribution < -0.4 is 5.32 Å². The highest BCUT2D eigenvalue weighted by atomic mass is 16.1. The maximum absolute atomic E-state index is 13.2. The number of hydrogen-bond acceptors (Lipinski definition) is 4. The number of hydrogen-bond donors (Lipinski definition) is 1. The second-order valence-corrected chi connectivity index (χ2v) is 8.35. The maximum Gasteiger partial charge on any atom is 0.256 e. The zero-order chi connectivity index (χ0) is 22.0. The van der Waals surface area contributed by atoms with Crippen LogP contribution in [-0.2, 0) is 6.42 Å². The number of aromatic nitrogens is 4. The van der Waals surface area contributed by atoms with Gasteiger partial charge >= 0.3 is 0 Å². The van der Waals surface area contributed by atoms with E-state index in [4.69, 9.17) is 4.98 Å². The number of nitrogens with zero attached hydrogens (tertiary/aromatic N) is 4. The fraction of sp³-hybridized carbons (Fsp3) is 0.280. The topological polar surface area (TPSA) is 72.7 Å². The van der Waals surface area contributed by atoms with Gasteiger partial charge in [-0.15, -0.1) is 0 Å². The minimum atomic E-state index is -0.153. The number of anilines is 1. The second kappa shape index (κ2) is 8.68. The minimum Gasteiger partial charge on any atom is -0.322 e. The van der Waals surface area contributed by atoms with E-state index in [2.05, 4.69) is 43.1 Å². The molecule has 1 N–H and O–H groups in total. The molecule has 0 aliphatic rings. The van der Waals surface area contributed by atoms with E-state index in [1.165, 1.54) is 11.1 Å². The van der Waals surface area contributed by atoms with Crippen LogP contribution in [-0.4, -0.2) is 25.7 Å². The first kappa shape index (κ1) is 20.7. The van der Waals surface area contributed by atoms with Crippen molar-refractivity contribution in [3.63, 3.8) is 0 Å². The predicted molar refractivity (Wildman–Crippen MR) is 123 cm³/mol. The lowest BCUT2D eigenvalue weighted by Crippen LogP contribution is -2.14. The van der Waals surface area contributed by atoms with Crippen LogP contribution in [0.15, 0.2) is 61.1 Å². The number of rotatable bonds is 6. The Hall–Kier alpha value is -3.54. The van der Waals surface area contributed by atoms with Crippen molar-refractivity contribution in [3.8, 4) is 0 Å². The summed E-state index contributed by atoms with van der Waals surface area (Å²) in [4.78, 5) is 22.0. The highest BCUT2D eigenvalue weighted by molar-refractivity contribution is 6.12. The van der Waals surface area contributed by atoms with E-state index >= 15 is 0 Å². The molecule has 6 heteroatoms. The van der Waals surface area contributed by atoms with Gasteiger partial charge in [0.25, 0.3) is 5.91 Å². The lowest BCUT2D eigenvalue weighted by Gasteiger charge is -2.12. The zero-order valence-electron chi connectivity index (χ0n) is 18.3. The van der Waals surface area contributed by atoms with E-state index in [-0.39, 0.29) is 17.9 Å². The van der Waals surface area contributed by atoms with Crippen molar-refractivity contribution in [3.05, 3.63) is 83.4 Å². The van der Waals surface area contributed by atoms with E-state index in [0.29, 0.717) is 5.56 Å². The molecule has 4 aromatic rings. The fourth-order valence-corrected chi connectivity index (χ4v) is 3.54. The Morgan fingerprint density at radius 2 is 1.68 bits per heavy atom. The molecule has 0 unspecified atom stereocenters. The Bertz CT molecular complexity index is 1190. The third-order valence-corrected chi connectivity index (χ3v) is 5.28. The Labute approximate surface area is 182 Å². The maximum atomic E-state index is 13.2. The van der Waals surface area contributed by atoms with Gasteiger partial charge in [-0.1, -0.05) is 26.0 Å². The number of nitrogens with one attached hydrogen (secondary N) is 1. The van der Waals surface area contributed by atoms with E-state index in [9.17, 15) is 4.79 Å². The molecule has 0 aliphatic carbocycles. The summed E-state index contributed by atoms with van der Waals surface area (Å²) in [6.07, 6.45) is 6.16. The molecule has 0 saturated carbocycles. The normalized spacial score (nSPS) is 11.4. The lowest BCUT2D eigenvalue weighted by atomic mass is 10.0. The molecule has 0 spiro atoms.